The summed E-state index contributed by atoms with van der Waals surface area (Å²) in [6, 6.07) is 10.7. The number of hydrogen-bond acceptors (Lipinski definition) is 4. The summed E-state index contributed by atoms with van der Waals surface area (Å²) in [5.74, 6) is 0.532. The number of carbonyl (C=O) groups is 1. The quantitative estimate of drug-likeness (QED) is 0.808. The molecule has 3 rings (SSSR count). The molecule has 0 spiro atoms. The summed E-state index contributed by atoms with van der Waals surface area (Å²) in [6.07, 6.45) is 4.91. The molecule has 5 heteroatoms. The van der Waals surface area contributed by atoms with Crippen LogP contribution in [0.3, 0.4) is 0 Å². The summed E-state index contributed by atoms with van der Waals surface area (Å²) in [6.45, 7) is 6.27. The highest BCUT2D eigenvalue weighted by Crippen LogP contribution is 2.18. The van der Waals surface area contributed by atoms with Crippen LogP contribution >= 0.6 is 0 Å². The van der Waals surface area contributed by atoms with Crippen LogP contribution in [0, 0.1) is 5.92 Å². The highest BCUT2D eigenvalue weighted by molar-refractivity contribution is 5.79. The minimum Gasteiger partial charge on any atom is -0.381 e. The third-order valence-electron chi connectivity index (χ3n) is 5.64. The molecular formula is C21H33N3O2. The van der Waals surface area contributed by atoms with Gasteiger partial charge in [0.25, 0.3) is 0 Å². The zero-order chi connectivity index (χ0) is 18.2. The Labute approximate surface area is 157 Å². The lowest BCUT2D eigenvalue weighted by atomic mass is 9.98. The second kappa shape index (κ2) is 10.0. The molecule has 144 valence electrons. The van der Waals surface area contributed by atoms with Crippen molar-refractivity contribution in [3.8, 4) is 0 Å². The molecule has 5 nitrogen and oxygen atoms in total. The van der Waals surface area contributed by atoms with Gasteiger partial charge in [-0.2, -0.15) is 0 Å². The number of nitrogens with zero attached hydrogens (tertiary/aromatic N) is 2. The first kappa shape index (κ1) is 19.3. The van der Waals surface area contributed by atoms with Gasteiger partial charge < -0.3 is 15.4 Å². The lowest BCUT2D eigenvalue weighted by Crippen LogP contribution is -2.51. The number of hydrogen-bond donors (Lipinski definition) is 1. The molecule has 1 atom stereocenters. The Morgan fingerprint density at radius 1 is 1.12 bits per heavy atom. The average molecular weight is 360 g/mol. The molecule has 2 N–H and O–H groups in total. The fourth-order valence-electron chi connectivity index (χ4n) is 3.99. The van der Waals surface area contributed by atoms with Crippen LogP contribution in [0.25, 0.3) is 0 Å². The maximum Gasteiger partial charge on any atom is 0.225 e. The van der Waals surface area contributed by atoms with Crippen molar-refractivity contribution in [3.63, 3.8) is 0 Å². The number of amides is 1. The Morgan fingerprint density at radius 3 is 2.50 bits per heavy atom. The van der Waals surface area contributed by atoms with E-state index in [4.69, 9.17) is 10.5 Å². The van der Waals surface area contributed by atoms with E-state index in [0.29, 0.717) is 5.91 Å². The summed E-state index contributed by atoms with van der Waals surface area (Å²) in [5.41, 5.74) is 7.60. The molecule has 2 aliphatic heterocycles. The molecule has 0 radical (unpaired) electrons. The Balaban J connectivity index is 1.31. The van der Waals surface area contributed by atoms with E-state index >= 15 is 0 Å². The summed E-state index contributed by atoms with van der Waals surface area (Å²) in [5, 5.41) is 0. The van der Waals surface area contributed by atoms with Gasteiger partial charge in [-0.25, -0.2) is 0 Å². The smallest absolute Gasteiger partial charge is 0.225 e. The monoisotopic (exact) mass is 359 g/mol. The van der Waals surface area contributed by atoms with E-state index in [0.717, 1.165) is 78.0 Å². The normalized spacial score (nSPS) is 20.9. The maximum atomic E-state index is 12.6. The van der Waals surface area contributed by atoms with Crippen LogP contribution in [0.5, 0.6) is 0 Å². The number of nitrogens with two attached hydrogens (primary N) is 1. The largest absolute Gasteiger partial charge is 0.381 e. The van der Waals surface area contributed by atoms with Gasteiger partial charge >= 0.3 is 0 Å². The van der Waals surface area contributed by atoms with E-state index in [-0.39, 0.29) is 12.0 Å². The van der Waals surface area contributed by atoms with Gasteiger partial charge in [-0.3, -0.25) is 9.69 Å². The minimum absolute atomic E-state index is 0.186. The van der Waals surface area contributed by atoms with Crippen LogP contribution in [0.4, 0.5) is 0 Å². The molecule has 2 heterocycles. The van der Waals surface area contributed by atoms with Crippen molar-refractivity contribution in [2.24, 2.45) is 11.7 Å². The van der Waals surface area contributed by atoms with Gasteiger partial charge in [0.2, 0.25) is 5.91 Å². The minimum atomic E-state index is 0.186. The fraction of sp³-hybridized carbons (Fsp3) is 0.667. The fourth-order valence-corrected chi connectivity index (χ4v) is 3.99. The van der Waals surface area contributed by atoms with E-state index in [1.54, 1.807) is 0 Å². The Morgan fingerprint density at radius 2 is 1.81 bits per heavy atom. The van der Waals surface area contributed by atoms with Crippen molar-refractivity contribution in [1.29, 1.82) is 0 Å². The second-order valence-corrected chi connectivity index (χ2v) is 7.65. The molecule has 2 saturated heterocycles. The van der Waals surface area contributed by atoms with E-state index in [9.17, 15) is 4.79 Å². The lowest BCUT2D eigenvalue weighted by molar-refractivity contribution is -0.140. The average Bonchev–Trinajstić information content (AvgIpc) is 2.69. The standard InChI is InChI=1S/C21H33N3O2/c22-20(17-18-5-2-1-3-6-18)7-4-10-23-11-13-24(14-12-23)21(25)19-8-15-26-16-9-19/h1-3,5-6,19-20H,4,7-17,22H2/t20-/m0/s1. The highest BCUT2D eigenvalue weighted by atomic mass is 16.5. The molecule has 0 aromatic heterocycles. The SMILES string of the molecule is N[C@@H](CCCN1CCN(C(=O)C2CCOCC2)CC1)Cc1ccccc1. The molecule has 0 unspecified atom stereocenters. The molecular weight excluding hydrogens is 326 g/mol. The van der Waals surface area contributed by atoms with Crippen molar-refractivity contribution in [1.82, 2.24) is 9.80 Å². The predicted octanol–water partition coefficient (Wildman–Crippen LogP) is 1.91. The lowest BCUT2D eigenvalue weighted by Gasteiger charge is -2.37. The van der Waals surface area contributed by atoms with Crippen molar-refractivity contribution < 1.29 is 9.53 Å². The first-order valence-electron chi connectivity index (χ1n) is 10.1. The van der Waals surface area contributed by atoms with Crippen molar-refractivity contribution >= 4 is 5.91 Å². The van der Waals surface area contributed by atoms with Gasteiger partial charge in [-0.05, 0) is 44.2 Å². The molecule has 0 saturated carbocycles. The van der Waals surface area contributed by atoms with Crippen molar-refractivity contribution in [2.45, 2.75) is 38.1 Å². The molecule has 2 aliphatic rings. The summed E-state index contributed by atoms with van der Waals surface area (Å²) in [4.78, 5) is 17.1. The Kier molecular flexibility index (Phi) is 7.47. The van der Waals surface area contributed by atoms with Crippen molar-refractivity contribution in [2.75, 3.05) is 45.9 Å². The number of rotatable bonds is 7. The maximum absolute atomic E-state index is 12.6. The zero-order valence-electron chi connectivity index (χ0n) is 15.8. The Hall–Kier alpha value is -1.43. The number of piperazine rings is 1. The summed E-state index contributed by atoms with van der Waals surface area (Å²) in [7, 11) is 0. The van der Waals surface area contributed by atoms with Gasteiger partial charge in [0, 0.05) is 51.4 Å². The molecule has 0 aliphatic carbocycles. The van der Waals surface area contributed by atoms with Gasteiger partial charge in [0.15, 0.2) is 0 Å². The van der Waals surface area contributed by atoms with E-state index in [2.05, 4.69) is 34.1 Å². The van der Waals surface area contributed by atoms with E-state index < -0.39 is 0 Å². The first-order valence-corrected chi connectivity index (χ1v) is 10.1. The van der Waals surface area contributed by atoms with Gasteiger partial charge in [-0.15, -0.1) is 0 Å². The molecule has 0 bridgehead atoms. The van der Waals surface area contributed by atoms with Crippen LogP contribution in [-0.2, 0) is 16.0 Å². The van der Waals surface area contributed by atoms with Crippen LogP contribution in [0.2, 0.25) is 0 Å². The predicted molar refractivity (Wildman–Crippen MR) is 104 cm³/mol. The van der Waals surface area contributed by atoms with Crippen LogP contribution in [0.15, 0.2) is 30.3 Å². The van der Waals surface area contributed by atoms with E-state index in [1.807, 2.05) is 6.07 Å². The molecule has 1 amide bonds. The highest BCUT2D eigenvalue weighted by Gasteiger charge is 2.28. The van der Waals surface area contributed by atoms with Crippen LogP contribution in [-0.4, -0.2) is 67.7 Å². The molecule has 1 aromatic carbocycles. The first-order chi connectivity index (χ1) is 12.7. The number of ether oxygens (including phenoxy) is 1. The second-order valence-electron chi connectivity index (χ2n) is 7.65. The number of carbonyl (C=O) groups excluding carboxylic acids is 1. The molecule has 2 fully saturated rings. The summed E-state index contributed by atoms with van der Waals surface area (Å²) < 4.78 is 5.37. The van der Waals surface area contributed by atoms with E-state index in [1.165, 1.54) is 5.56 Å². The Bertz CT molecular complexity index is 537. The third-order valence-corrected chi connectivity index (χ3v) is 5.64. The van der Waals surface area contributed by atoms with Gasteiger partial charge in [0.1, 0.15) is 0 Å². The topological polar surface area (TPSA) is 58.8 Å². The molecule has 26 heavy (non-hydrogen) atoms. The van der Waals surface area contributed by atoms with Crippen LogP contribution in [0.1, 0.15) is 31.2 Å². The van der Waals surface area contributed by atoms with Crippen molar-refractivity contribution in [3.05, 3.63) is 35.9 Å². The third kappa shape index (κ3) is 5.79. The van der Waals surface area contributed by atoms with Gasteiger partial charge in [-0.1, -0.05) is 30.3 Å². The molecule has 1 aromatic rings. The van der Waals surface area contributed by atoms with Crippen LogP contribution < -0.4 is 5.73 Å². The number of benzene rings is 1. The zero-order valence-corrected chi connectivity index (χ0v) is 15.8. The van der Waals surface area contributed by atoms with Gasteiger partial charge in [0.05, 0.1) is 0 Å². The summed E-state index contributed by atoms with van der Waals surface area (Å²) >= 11 is 0.